The smallest absolute Gasteiger partial charge is 0.341 e. The minimum Gasteiger partial charge on any atom is -0.449 e. The molecule has 1 atom stereocenters. The van der Waals surface area contributed by atoms with Gasteiger partial charge in [0, 0.05) is 19.8 Å². The minimum atomic E-state index is -3.71. The molecule has 1 unspecified atom stereocenters. The predicted octanol–water partition coefficient (Wildman–Crippen LogP) is 1.80. The maximum absolute atomic E-state index is 12.6. The first-order chi connectivity index (χ1) is 14.7. The molecule has 2 N–H and O–H groups in total. The van der Waals surface area contributed by atoms with Gasteiger partial charge >= 0.3 is 5.97 Å². The van der Waals surface area contributed by atoms with E-state index in [-0.39, 0.29) is 21.8 Å². The Morgan fingerprint density at radius 2 is 1.62 bits per heavy atom. The molecule has 0 aliphatic carbocycles. The molecule has 0 saturated heterocycles. The number of aryl methyl sites for hydroxylation is 1. The van der Waals surface area contributed by atoms with Gasteiger partial charge in [-0.25, -0.2) is 25.9 Å². The molecular weight excluding hydrogens is 458 g/mol. The van der Waals surface area contributed by atoms with Gasteiger partial charge in [-0.05, 0) is 43.7 Å². The van der Waals surface area contributed by atoms with E-state index in [2.05, 4.69) is 10.0 Å². The highest BCUT2D eigenvalue weighted by Gasteiger charge is 2.23. The summed E-state index contributed by atoms with van der Waals surface area (Å²) in [6, 6.07) is 10.1. The Balaban J connectivity index is 2.19. The Morgan fingerprint density at radius 1 is 1.00 bits per heavy atom. The van der Waals surface area contributed by atoms with E-state index in [1.54, 1.807) is 13.0 Å². The Kier molecular flexibility index (Phi) is 7.65. The highest BCUT2D eigenvalue weighted by atomic mass is 32.2. The zero-order valence-corrected chi connectivity index (χ0v) is 19.9. The van der Waals surface area contributed by atoms with Crippen LogP contribution in [0.5, 0.6) is 0 Å². The Bertz CT molecular complexity index is 1240. The summed E-state index contributed by atoms with van der Waals surface area (Å²) in [5.74, 6) is -1.59. The van der Waals surface area contributed by atoms with Gasteiger partial charge < -0.3 is 10.1 Å². The summed E-state index contributed by atoms with van der Waals surface area (Å²) in [6.07, 6.45) is -0.305. The van der Waals surface area contributed by atoms with Crippen LogP contribution in [-0.4, -0.2) is 59.5 Å². The molecule has 10 nitrogen and oxygen atoms in total. The standard InChI is InChI=1S/C20H25N3O7S2/c1-13-10-11-15(32(28,29)23(3)4)12-18(13)21-19(24)14(2)30-20(25)16-8-6-7-9-17(16)22-31(5,26)27/h6-12,14,22H,1-5H3,(H,21,24). The Hall–Kier alpha value is -2.96. The number of carbonyl (C=O) groups is 2. The van der Waals surface area contributed by atoms with Crippen molar-refractivity contribution >= 4 is 43.3 Å². The minimum absolute atomic E-state index is 0.00572. The van der Waals surface area contributed by atoms with Crippen molar-refractivity contribution in [2.24, 2.45) is 0 Å². The van der Waals surface area contributed by atoms with Crippen LogP contribution in [0, 0.1) is 6.92 Å². The maximum atomic E-state index is 12.6. The van der Waals surface area contributed by atoms with Gasteiger partial charge in [-0.3, -0.25) is 9.52 Å². The molecular formula is C20H25N3O7S2. The molecule has 0 fully saturated rings. The van der Waals surface area contributed by atoms with Crippen molar-refractivity contribution in [3.05, 3.63) is 53.6 Å². The van der Waals surface area contributed by atoms with Gasteiger partial charge in [0.25, 0.3) is 5.91 Å². The molecule has 0 aliphatic heterocycles. The fourth-order valence-corrected chi connectivity index (χ4v) is 4.07. The summed E-state index contributed by atoms with van der Waals surface area (Å²) in [7, 11) is -4.55. The highest BCUT2D eigenvalue weighted by molar-refractivity contribution is 7.92. The summed E-state index contributed by atoms with van der Waals surface area (Å²) < 4.78 is 56.2. The monoisotopic (exact) mass is 483 g/mol. The fourth-order valence-electron chi connectivity index (χ4n) is 2.57. The molecule has 12 heteroatoms. The molecule has 32 heavy (non-hydrogen) atoms. The molecule has 0 radical (unpaired) electrons. The number of ether oxygens (including phenoxy) is 1. The second-order valence-corrected chi connectivity index (χ2v) is 11.1. The highest BCUT2D eigenvalue weighted by Crippen LogP contribution is 2.23. The average molecular weight is 484 g/mol. The lowest BCUT2D eigenvalue weighted by molar-refractivity contribution is -0.123. The van der Waals surface area contributed by atoms with E-state index in [1.807, 2.05) is 0 Å². The van der Waals surface area contributed by atoms with Crippen LogP contribution >= 0.6 is 0 Å². The number of anilines is 2. The lowest BCUT2D eigenvalue weighted by Crippen LogP contribution is -2.30. The van der Waals surface area contributed by atoms with Crippen LogP contribution < -0.4 is 10.0 Å². The van der Waals surface area contributed by atoms with Crippen LogP contribution in [0.3, 0.4) is 0 Å². The van der Waals surface area contributed by atoms with Gasteiger partial charge in [-0.15, -0.1) is 0 Å². The molecule has 1 amide bonds. The molecule has 0 aliphatic rings. The molecule has 2 rings (SSSR count). The van der Waals surface area contributed by atoms with Crippen molar-refractivity contribution in [2.45, 2.75) is 24.8 Å². The van der Waals surface area contributed by atoms with Crippen LogP contribution in [-0.2, 0) is 29.6 Å². The third-order valence-corrected chi connectivity index (χ3v) is 6.74. The zero-order valence-electron chi connectivity index (χ0n) is 18.2. The van der Waals surface area contributed by atoms with Crippen molar-refractivity contribution in [1.82, 2.24) is 4.31 Å². The van der Waals surface area contributed by atoms with Gasteiger partial charge in [-0.1, -0.05) is 18.2 Å². The number of benzene rings is 2. The van der Waals surface area contributed by atoms with Crippen LogP contribution in [0.15, 0.2) is 47.4 Å². The lowest BCUT2D eigenvalue weighted by Gasteiger charge is -2.17. The van der Waals surface area contributed by atoms with E-state index in [1.165, 1.54) is 57.4 Å². The topological polar surface area (TPSA) is 139 Å². The number of amides is 1. The fraction of sp³-hybridized carbons (Fsp3) is 0.300. The second-order valence-electron chi connectivity index (χ2n) is 7.22. The third kappa shape index (κ3) is 6.28. The average Bonchev–Trinajstić information content (AvgIpc) is 2.68. The van der Waals surface area contributed by atoms with Crippen molar-refractivity contribution < 1.29 is 31.2 Å². The van der Waals surface area contributed by atoms with E-state index >= 15 is 0 Å². The predicted molar refractivity (Wildman–Crippen MR) is 120 cm³/mol. The molecule has 174 valence electrons. The van der Waals surface area contributed by atoms with E-state index in [9.17, 15) is 26.4 Å². The van der Waals surface area contributed by atoms with Gasteiger partial charge in [-0.2, -0.15) is 0 Å². The molecule has 0 bridgehead atoms. The van der Waals surface area contributed by atoms with Crippen molar-refractivity contribution in [3.63, 3.8) is 0 Å². The molecule has 0 saturated carbocycles. The van der Waals surface area contributed by atoms with Crippen molar-refractivity contribution in [1.29, 1.82) is 0 Å². The Morgan fingerprint density at radius 3 is 2.22 bits per heavy atom. The summed E-state index contributed by atoms with van der Waals surface area (Å²) in [5, 5.41) is 2.56. The summed E-state index contributed by atoms with van der Waals surface area (Å²) in [6.45, 7) is 3.03. The molecule has 0 heterocycles. The van der Waals surface area contributed by atoms with Gasteiger partial charge in [0.15, 0.2) is 6.10 Å². The first kappa shape index (κ1) is 25.3. The quantitative estimate of drug-likeness (QED) is 0.546. The molecule has 2 aromatic rings. The number of para-hydroxylation sites is 1. The second kappa shape index (κ2) is 9.67. The maximum Gasteiger partial charge on any atom is 0.341 e. The number of hydrogen-bond acceptors (Lipinski definition) is 7. The van der Waals surface area contributed by atoms with E-state index in [4.69, 9.17) is 4.74 Å². The van der Waals surface area contributed by atoms with E-state index < -0.39 is 38.0 Å². The van der Waals surface area contributed by atoms with Crippen molar-refractivity contribution in [2.75, 3.05) is 30.4 Å². The van der Waals surface area contributed by atoms with Crippen molar-refractivity contribution in [3.8, 4) is 0 Å². The zero-order chi connectivity index (χ0) is 24.3. The van der Waals surface area contributed by atoms with E-state index in [0.29, 0.717) is 5.56 Å². The summed E-state index contributed by atoms with van der Waals surface area (Å²) in [4.78, 5) is 25.1. The molecule has 0 spiro atoms. The number of esters is 1. The summed E-state index contributed by atoms with van der Waals surface area (Å²) in [5.41, 5.74) is 0.815. The van der Waals surface area contributed by atoms with Crippen LogP contribution in [0.2, 0.25) is 0 Å². The third-order valence-electron chi connectivity index (χ3n) is 4.34. The number of carbonyl (C=O) groups excluding carboxylic acids is 2. The van der Waals surface area contributed by atoms with Gasteiger partial charge in [0.1, 0.15) is 0 Å². The van der Waals surface area contributed by atoms with E-state index in [0.717, 1.165) is 10.6 Å². The summed E-state index contributed by atoms with van der Waals surface area (Å²) >= 11 is 0. The normalized spacial score (nSPS) is 12.8. The number of rotatable bonds is 8. The van der Waals surface area contributed by atoms with Gasteiger partial charge in [0.05, 0.1) is 22.4 Å². The first-order valence-corrected chi connectivity index (χ1v) is 12.7. The largest absolute Gasteiger partial charge is 0.449 e. The molecule has 0 aromatic heterocycles. The number of nitrogens with one attached hydrogen (secondary N) is 2. The number of hydrogen-bond donors (Lipinski definition) is 2. The lowest BCUT2D eigenvalue weighted by atomic mass is 10.2. The Labute approximate surface area is 187 Å². The van der Waals surface area contributed by atoms with Crippen LogP contribution in [0.25, 0.3) is 0 Å². The number of nitrogens with zero attached hydrogens (tertiary/aromatic N) is 1. The number of sulfonamides is 2. The first-order valence-electron chi connectivity index (χ1n) is 9.34. The van der Waals surface area contributed by atoms with Crippen LogP contribution in [0.1, 0.15) is 22.8 Å². The van der Waals surface area contributed by atoms with Gasteiger partial charge in [0.2, 0.25) is 20.0 Å². The van der Waals surface area contributed by atoms with Crippen LogP contribution in [0.4, 0.5) is 11.4 Å². The SMILES string of the molecule is Cc1ccc(S(=O)(=O)N(C)C)cc1NC(=O)C(C)OC(=O)c1ccccc1NS(C)(=O)=O. The molecule has 2 aromatic carbocycles.